The number of anilines is 4. The Morgan fingerprint density at radius 3 is 2.41 bits per heavy atom. The minimum Gasteiger partial charge on any atom is -0.382 e. The van der Waals surface area contributed by atoms with Gasteiger partial charge in [-0.3, -0.25) is 0 Å². The number of aromatic nitrogens is 2. The highest BCUT2D eigenvalue weighted by atomic mass is 35.5. The largest absolute Gasteiger partial charge is 0.382 e. The highest BCUT2D eigenvalue weighted by Gasteiger charge is 2.09. The molecule has 0 atom stereocenters. The SMILES string of the molecule is Cc1ccc(Nc2nc(N)nc(N)c2Cl)cc1. The van der Waals surface area contributed by atoms with Crippen molar-refractivity contribution in [2.75, 3.05) is 16.8 Å². The van der Waals surface area contributed by atoms with Gasteiger partial charge in [-0.2, -0.15) is 9.97 Å². The van der Waals surface area contributed by atoms with E-state index in [2.05, 4.69) is 15.3 Å². The maximum Gasteiger partial charge on any atom is 0.224 e. The Labute approximate surface area is 104 Å². The van der Waals surface area contributed by atoms with Gasteiger partial charge in [0, 0.05) is 5.69 Å². The first kappa shape index (κ1) is 11.5. The van der Waals surface area contributed by atoms with Crippen molar-refractivity contribution in [3.63, 3.8) is 0 Å². The number of aryl methyl sites for hydroxylation is 1. The van der Waals surface area contributed by atoms with E-state index in [-0.39, 0.29) is 16.8 Å². The van der Waals surface area contributed by atoms with Crippen LogP contribution in [0.4, 0.5) is 23.3 Å². The first-order valence-electron chi connectivity index (χ1n) is 4.98. The van der Waals surface area contributed by atoms with E-state index in [1.165, 1.54) is 5.56 Å². The molecule has 0 saturated heterocycles. The molecule has 1 heterocycles. The third kappa shape index (κ3) is 2.57. The lowest BCUT2D eigenvalue weighted by Gasteiger charge is -2.09. The van der Waals surface area contributed by atoms with Crippen LogP contribution in [0.25, 0.3) is 0 Å². The average molecular weight is 250 g/mol. The van der Waals surface area contributed by atoms with Gasteiger partial charge >= 0.3 is 0 Å². The summed E-state index contributed by atoms with van der Waals surface area (Å²) in [6, 6.07) is 7.79. The molecule has 0 fully saturated rings. The monoisotopic (exact) mass is 249 g/mol. The van der Waals surface area contributed by atoms with Crippen molar-refractivity contribution >= 4 is 34.9 Å². The molecular weight excluding hydrogens is 238 g/mol. The van der Waals surface area contributed by atoms with Gasteiger partial charge in [-0.15, -0.1) is 0 Å². The molecule has 0 aliphatic heterocycles. The second-order valence-corrected chi connectivity index (χ2v) is 4.00. The summed E-state index contributed by atoms with van der Waals surface area (Å²) in [5, 5.41) is 3.30. The second-order valence-electron chi connectivity index (χ2n) is 3.62. The fraction of sp³-hybridized carbons (Fsp3) is 0.0909. The molecule has 2 rings (SSSR count). The van der Waals surface area contributed by atoms with Gasteiger partial charge in [0.25, 0.3) is 0 Å². The molecule has 17 heavy (non-hydrogen) atoms. The topological polar surface area (TPSA) is 89.8 Å². The van der Waals surface area contributed by atoms with Crippen LogP contribution >= 0.6 is 11.6 Å². The third-order valence-electron chi connectivity index (χ3n) is 2.21. The van der Waals surface area contributed by atoms with Gasteiger partial charge in [0.2, 0.25) is 5.95 Å². The number of hydrogen-bond acceptors (Lipinski definition) is 5. The first-order chi connectivity index (χ1) is 8.06. The minimum atomic E-state index is 0.0847. The predicted molar refractivity (Wildman–Crippen MR) is 70.3 cm³/mol. The summed E-state index contributed by atoms with van der Waals surface area (Å²) in [6.45, 7) is 2.01. The van der Waals surface area contributed by atoms with E-state index in [1.807, 2.05) is 31.2 Å². The summed E-state index contributed by atoms with van der Waals surface area (Å²) in [5.41, 5.74) is 13.1. The van der Waals surface area contributed by atoms with Crippen LogP contribution in [0.15, 0.2) is 24.3 Å². The lowest BCUT2D eigenvalue weighted by molar-refractivity contribution is 1.19. The molecule has 1 aromatic carbocycles. The molecule has 0 unspecified atom stereocenters. The molecule has 0 aliphatic carbocycles. The van der Waals surface area contributed by atoms with E-state index in [4.69, 9.17) is 23.1 Å². The minimum absolute atomic E-state index is 0.0847. The third-order valence-corrected chi connectivity index (χ3v) is 2.58. The van der Waals surface area contributed by atoms with E-state index < -0.39 is 0 Å². The number of hydrogen-bond donors (Lipinski definition) is 3. The summed E-state index contributed by atoms with van der Waals surface area (Å²) >= 11 is 5.98. The zero-order valence-electron chi connectivity index (χ0n) is 9.24. The van der Waals surface area contributed by atoms with Crippen LogP contribution in [-0.2, 0) is 0 Å². The van der Waals surface area contributed by atoms with Crippen molar-refractivity contribution < 1.29 is 0 Å². The molecule has 0 saturated carbocycles. The standard InChI is InChI=1S/C11H12ClN5/c1-6-2-4-7(5-3-6)15-10-8(12)9(13)16-11(14)17-10/h2-5H,1H3,(H5,13,14,15,16,17). The lowest BCUT2D eigenvalue weighted by Crippen LogP contribution is -2.04. The molecule has 0 amide bonds. The number of nitrogens with two attached hydrogens (primary N) is 2. The van der Waals surface area contributed by atoms with Gasteiger partial charge in [0.1, 0.15) is 10.8 Å². The van der Waals surface area contributed by atoms with Gasteiger partial charge in [0.05, 0.1) is 0 Å². The molecule has 88 valence electrons. The molecule has 5 nitrogen and oxygen atoms in total. The second kappa shape index (κ2) is 4.47. The van der Waals surface area contributed by atoms with Crippen molar-refractivity contribution in [1.82, 2.24) is 9.97 Å². The van der Waals surface area contributed by atoms with Crippen molar-refractivity contribution in [3.8, 4) is 0 Å². The van der Waals surface area contributed by atoms with Crippen molar-refractivity contribution in [2.45, 2.75) is 6.92 Å². The van der Waals surface area contributed by atoms with Crippen LogP contribution in [0, 0.1) is 6.92 Å². The van der Waals surface area contributed by atoms with Gasteiger partial charge in [-0.1, -0.05) is 29.3 Å². The number of halogens is 1. The van der Waals surface area contributed by atoms with Crippen LogP contribution in [0.5, 0.6) is 0 Å². The maximum atomic E-state index is 5.98. The van der Waals surface area contributed by atoms with Crippen molar-refractivity contribution in [1.29, 1.82) is 0 Å². The van der Waals surface area contributed by atoms with Crippen LogP contribution in [0.3, 0.4) is 0 Å². The van der Waals surface area contributed by atoms with Gasteiger partial charge in [-0.25, -0.2) is 0 Å². The smallest absolute Gasteiger partial charge is 0.224 e. The summed E-state index contributed by atoms with van der Waals surface area (Å²) in [7, 11) is 0. The molecule has 1 aromatic heterocycles. The molecular formula is C11H12ClN5. The fourth-order valence-electron chi connectivity index (χ4n) is 1.34. The van der Waals surface area contributed by atoms with Crippen molar-refractivity contribution in [3.05, 3.63) is 34.9 Å². The number of nitrogens with zero attached hydrogens (tertiary/aromatic N) is 2. The van der Waals surface area contributed by atoms with Gasteiger partial charge in [0.15, 0.2) is 5.82 Å². The Balaban J connectivity index is 2.32. The van der Waals surface area contributed by atoms with Crippen molar-refractivity contribution in [2.24, 2.45) is 0 Å². The normalized spacial score (nSPS) is 10.2. The van der Waals surface area contributed by atoms with Crippen LogP contribution in [-0.4, -0.2) is 9.97 Å². The Morgan fingerprint density at radius 2 is 1.76 bits per heavy atom. The van der Waals surface area contributed by atoms with Crippen LogP contribution in [0.2, 0.25) is 5.02 Å². The summed E-state index contributed by atoms with van der Waals surface area (Å²) < 4.78 is 0. The summed E-state index contributed by atoms with van der Waals surface area (Å²) in [6.07, 6.45) is 0. The highest BCUT2D eigenvalue weighted by molar-refractivity contribution is 6.35. The molecule has 6 heteroatoms. The maximum absolute atomic E-state index is 5.98. The Hall–Kier alpha value is -2.01. The van der Waals surface area contributed by atoms with Crippen LogP contribution in [0.1, 0.15) is 5.56 Å². The van der Waals surface area contributed by atoms with E-state index >= 15 is 0 Å². The molecule has 2 aromatic rings. The average Bonchev–Trinajstić information content (AvgIpc) is 2.28. The number of benzene rings is 1. The molecule has 5 N–H and O–H groups in total. The first-order valence-corrected chi connectivity index (χ1v) is 5.36. The van der Waals surface area contributed by atoms with Gasteiger partial charge in [-0.05, 0) is 19.1 Å². The predicted octanol–water partition coefficient (Wildman–Crippen LogP) is 2.35. The number of nitrogen functional groups attached to an aromatic ring is 2. The zero-order chi connectivity index (χ0) is 12.4. The summed E-state index contributed by atoms with van der Waals surface area (Å²) in [4.78, 5) is 7.76. The quantitative estimate of drug-likeness (QED) is 0.760. The van der Waals surface area contributed by atoms with E-state index in [9.17, 15) is 0 Å². The van der Waals surface area contributed by atoms with E-state index in [0.29, 0.717) is 5.82 Å². The number of rotatable bonds is 2. The summed E-state index contributed by atoms with van der Waals surface area (Å²) in [5.74, 6) is 0.649. The van der Waals surface area contributed by atoms with Gasteiger partial charge < -0.3 is 16.8 Å². The fourth-order valence-corrected chi connectivity index (χ4v) is 1.47. The zero-order valence-corrected chi connectivity index (χ0v) is 9.99. The van der Waals surface area contributed by atoms with Crippen LogP contribution < -0.4 is 16.8 Å². The number of nitrogens with one attached hydrogen (secondary N) is 1. The molecule has 0 aliphatic rings. The van der Waals surface area contributed by atoms with E-state index in [1.54, 1.807) is 0 Å². The Bertz CT molecular complexity index is 538. The Kier molecular flexibility index (Phi) is 3.01. The Morgan fingerprint density at radius 1 is 1.12 bits per heavy atom. The molecule has 0 spiro atoms. The van der Waals surface area contributed by atoms with E-state index in [0.717, 1.165) is 5.69 Å². The molecule has 0 bridgehead atoms. The lowest BCUT2D eigenvalue weighted by atomic mass is 10.2. The highest BCUT2D eigenvalue weighted by Crippen LogP contribution is 2.28. The molecule has 0 radical (unpaired) electrons.